The molecule has 100 valence electrons. The average Bonchev–Trinajstić information content (AvgIpc) is 2.26. The van der Waals surface area contributed by atoms with Crippen molar-refractivity contribution in [3.05, 3.63) is 0 Å². The summed E-state index contributed by atoms with van der Waals surface area (Å²) in [5.74, 6) is 0. The van der Waals surface area contributed by atoms with Gasteiger partial charge in [-0.15, -0.1) is 0 Å². The van der Waals surface area contributed by atoms with Gasteiger partial charge in [0.25, 0.3) is 0 Å². The molecule has 0 aromatic rings. The molecule has 1 saturated heterocycles. The predicted octanol–water partition coefficient (Wildman–Crippen LogP) is 1.83. The van der Waals surface area contributed by atoms with Crippen molar-refractivity contribution >= 4 is 0 Å². The van der Waals surface area contributed by atoms with Crippen LogP contribution in [-0.4, -0.2) is 63.3 Å². The van der Waals surface area contributed by atoms with Crippen molar-refractivity contribution in [2.75, 3.05) is 47.4 Å². The van der Waals surface area contributed by atoms with Crippen LogP contribution in [0.1, 0.15) is 32.1 Å². The second-order valence-corrected chi connectivity index (χ2v) is 6.28. The van der Waals surface area contributed by atoms with Crippen molar-refractivity contribution in [2.24, 2.45) is 5.41 Å². The Bertz CT molecular complexity index is 238. The Morgan fingerprint density at radius 2 is 2.06 bits per heavy atom. The molecule has 1 saturated carbocycles. The van der Waals surface area contributed by atoms with E-state index < -0.39 is 0 Å². The maximum Gasteiger partial charge on any atom is 0.0530 e. The van der Waals surface area contributed by atoms with Gasteiger partial charge in [0, 0.05) is 31.7 Å². The van der Waals surface area contributed by atoms with Crippen LogP contribution in [0.25, 0.3) is 0 Å². The van der Waals surface area contributed by atoms with Gasteiger partial charge in [0.1, 0.15) is 0 Å². The van der Waals surface area contributed by atoms with E-state index in [-0.39, 0.29) is 0 Å². The Kier molecular flexibility index (Phi) is 4.45. The molecule has 1 atom stereocenters. The maximum absolute atomic E-state index is 5.43. The summed E-state index contributed by atoms with van der Waals surface area (Å²) in [4.78, 5) is 5.06. The van der Waals surface area contributed by atoms with Crippen LogP contribution in [0.4, 0.5) is 0 Å². The highest BCUT2D eigenvalue weighted by molar-refractivity contribution is 4.92. The first-order chi connectivity index (χ1) is 8.15. The van der Waals surface area contributed by atoms with Gasteiger partial charge in [-0.05, 0) is 46.3 Å². The fourth-order valence-electron chi connectivity index (χ4n) is 3.40. The molecule has 1 aliphatic heterocycles. The third kappa shape index (κ3) is 3.21. The SMILES string of the molecule is COCC1(CN2CCC[C@H](N(C)C)C2)CCC1. The Balaban J connectivity index is 1.85. The highest BCUT2D eigenvalue weighted by Gasteiger charge is 2.39. The third-order valence-corrected chi connectivity index (χ3v) is 4.63. The monoisotopic (exact) mass is 240 g/mol. The normalized spacial score (nSPS) is 29.3. The van der Waals surface area contributed by atoms with E-state index in [9.17, 15) is 0 Å². The summed E-state index contributed by atoms with van der Waals surface area (Å²) >= 11 is 0. The first kappa shape index (κ1) is 13.3. The summed E-state index contributed by atoms with van der Waals surface area (Å²) in [5, 5.41) is 0. The highest BCUT2D eigenvalue weighted by Crippen LogP contribution is 2.42. The quantitative estimate of drug-likeness (QED) is 0.729. The number of methoxy groups -OCH3 is 1. The van der Waals surface area contributed by atoms with Crippen LogP contribution >= 0.6 is 0 Å². The highest BCUT2D eigenvalue weighted by atomic mass is 16.5. The molecule has 0 amide bonds. The fourth-order valence-corrected chi connectivity index (χ4v) is 3.40. The molecular formula is C14H28N2O. The molecule has 17 heavy (non-hydrogen) atoms. The van der Waals surface area contributed by atoms with Crippen molar-refractivity contribution in [1.29, 1.82) is 0 Å². The first-order valence-electron chi connectivity index (χ1n) is 7.03. The molecule has 0 radical (unpaired) electrons. The van der Waals surface area contributed by atoms with Gasteiger partial charge < -0.3 is 14.5 Å². The molecule has 0 bridgehead atoms. The Hall–Kier alpha value is -0.120. The van der Waals surface area contributed by atoms with Crippen molar-refractivity contribution in [3.63, 3.8) is 0 Å². The average molecular weight is 240 g/mol. The summed E-state index contributed by atoms with van der Waals surface area (Å²) in [6.45, 7) is 4.75. The maximum atomic E-state index is 5.43. The van der Waals surface area contributed by atoms with Gasteiger partial charge in [0.15, 0.2) is 0 Å². The van der Waals surface area contributed by atoms with Crippen LogP contribution in [0.3, 0.4) is 0 Å². The molecule has 1 heterocycles. The second kappa shape index (κ2) is 5.68. The van der Waals surface area contributed by atoms with Gasteiger partial charge in [0.2, 0.25) is 0 Å². The minimum atomic E-state index is 0.489. The number of hydrogen-bond acceptors (Lipinski definition) is 3. The van der Waals surface area contributed by atoms with Crippen LogP contribution in [0.5, 0.6) is 0 Å². The molecule has 3 nitrogen and oxygen atoms in total. The summed E-state index contributed by atoms with van der Waals surface area (Å²) in [7, 11) is 6.27. The van der Waals surface area contributed by atoms with Crippen molar-refractivity contribution < 1.29 is 4.74 Å². The largest absolute Gasteiger partial charge is 0.384 e. The number of hydrogen-bond donors (Lipinski definition) is 0. The summed E-state index contributed by atoms with van der Waals surface area (Å²) < 4.78 is 5.43. The van der Waals surface area contributed by atoms with Crippen LogP contribution in [0.15, 0.2) is 0 Å². The molecule has 0 aromatic carbocycles. The minimum absolute atomic E-state index is 0.489. The van der Waals surface area contributed by atoms with Gasteiger partial charge in [-0.25, -0.2) is 0 Å². The number of nitrogens with zero attached hydrogens (tertiary/aromatic N) is 2. The lowest BCUT2D eigenvalue weighted by Gasteiger charge is -2.47. The Morgan fingerprint density at radius 1 is 1.29 bits per heavy atom. The molecule has 1 aliphatic carbocycles. The molecule has 3 heteroatoms. The standard InChI is InChI=1S/C14H28N2O/c1-15(2)13-6-4-9-16(10-13)11-14(12-17-3)7-5-8-14/h13H,4-12H2,1-3H3/t13-/m0/s1. The second-order valence-electron chi connectivity index (χ2n) is 6.28. The van der Waals surface area contributed by atoms with Gasteiger partial charge >= 0.3 is 0 Å². The van der Waals surface area contributed by atoms with Crippen molar-refractivity contribution in [2.45, 2.75) is 38.1 Å². The molecule has 2 aliphatic rings. The lowest BCUT2D eigenvalue weighted by atomic mass is 9.69. The van der Waals surface area contributed by atoms with Gasteiger partial charge in [0.05, 0.1) is 6.61 Å². The first-order valence-corrected chi connectivity index (χ1v) is 7.03. The minimum Gasteiger partial charge on any atom is -0.384 e. The number of likely N-dealkylation sites (tertiary alicyclic amines) is 1. The van der Waals surface area contributed by atoms with E-state index in [1.54, 1.807) is 0 Å². The zero-order valence-electron chi connectivity index (χ0n) is 11.7. The third-order valence-electron chi connectivity index (χ3n) is 4.63. The van der Waals surface area contributed by atoms with Gasteiger partial charge in [-0.2, -0.15) is 0 Å². The van der Waals surface area contributed by atoms with Crippen LogP contribution in [-0.2, 0) is 4.74 Å². The van der Waals surface area contributed by atoms with Gasteiger partial charge in [-0.1, -0.05) is 6.42 Å². The van der Waals surface area contributed by atoms with Crippen LogP contribution < -0.4 is 0 Å². The van der Waals surface area contributed by atoms with E-state index in [0.717, 1.165) is 12.6 Å². The predicted molar refractivity (Wildman–Crippen MR) is 71.3 cm³/mol. The molecule has 0 spiro atoms. The van der Waals surface area contributed by atoms with E-state index in [1.807, 2.05) is 7.11 Å². The smallest absolute Gasteiger partial charge is 0.0530 e. The Labute approximate surface area is 106 Å². The molecule has 0 aromatic heterocycles. The molecule has 2 rings (SSSR count). The van der Waals surface area contributed by atoms with Crippen molar-refractivity contribution in [3.8, 4) is 0 Å². The van der Waals surface area contributed by atoms with Crippen LogP contribution in [0.2, 0.25) is 0 Å². The lowest BCUT2D eigenvalue weighted by molar-refractivity contribution is -0.0222. The zero-order valence-corrected chi connectivity index (χ0v) is 11.7. The number of piperidine rings is 1. The zero-order chi connectivity index (χ0) is 12.3. The summed E-state index contributed by atoms with van der Waals surface area (Å²) in [6.07, 6.45) is 6.84. The van der Waals surface area contributed by atoms with Crippen LogP contribution in [0, 0.1) is 5.41 Å². The summed E-state index contributed by atoms with van der Waals surface area (Å²) in [6, 6.07) is 0.753. The molecule has 0 unspecified atom stereocenters. The van der Waals surface area contributed by atoms with E-state index in [1.165, 1.54) is 51.7 Å². The van der Waals surface area contributed by atoms with E-state index in [4.69, 9.17) is 4.74 Å². The van der Waals surface area contributed by atoms with E-state index >= 15 is 0 Å². The number of likely N-dealkylation sites (N-methyl/N-ethyl adjacent to an activating group) is 1. The molecular weight excluding hydrogens is 212 g/mol. The van der Waals surface area contributed by atoms with Gasteiger partial charge in [-0.3, -0.25) is 0 Å². The Morgan fingerprint density at radius 3 is 2.59 bits per heavy atom. The lowest BCUT2D eigenvalue weighted by Crippen LogP contribution is -2.51. The molecule has 0 N–H and O–H groups in total. The molecule has 2 fully saturated rings. The summed E-state index contributed by atoms with van der Waals surface area (Å²) in [5.41, 5.74) is 0.489. The fraction of sp³-hybridized carbons (Fsp3) is 1.00. The van der Waals surface area contributed by atoms with E-state index in [2.05, 4.69) is 23.9 Å². The number of ether oxygens (including phenoxy) is 1. The van der Waals surface area contributed by atoms with Crippen molar-refractivity contribution in [1.82, 2.24) is 9.80 Å². The number of rotatable bonds is 5. The topological polar surface area (TPSA) is 15.7 Å². The van der Waals surface area contributed by atoms with E-state index in [0.29, 0.717) is 5.41 Å².